The third kappa shape index (κ3) is 7.34. The molecule has 0 spiro atoms. The molecule has 4 aromatic rings. The molecule has 4 aliphatic heterocycles. The first-order valence-corrected chi connectivity index (χ1v) is 20.3. The van der Waals surface area contributed by atoms with Gasteiger partial charge in [-0.3, -0.25) is 24.6 Å². The summed E-state index contributed by atoms with van der Waals surface area (Å²) in [6.07, 6.45) is 6.22. The summed E-state index contributed by atoms with van der Waals surface area (Å²) < 4.78 is 0. The number of carbonyl (C=O) groups is 3. The number of piperidine rings is 2. The molecule has 3 amide bonds. The number of benzene rings is 4. The molecule has 9 rings (SSSR count). The number of hydrogen-bond donors (Lipinski definition) is 2. The number of nitrogens with zero attached hydrogens (tertiary/aromatic N) is 4. The number of aryl methyl sites for hydroxylation is 1. The van der Waals surface area contributed by atoms with Gasteiger partial charge in [-0.25, -0.2) is 0 Å². The lowest BCUT2D eigenvalue weighted by atomic mass is 9.70. The molecule has 0 radical (unpaired) electrons. The van der Waals surface area contributed by atoms with Gasteiger partial charge in [-0.1, -0.05) is 48.5 Å². The van der Waals surface area contributed by atoms with Crippen molar-refractivity contribution in [2.45, 2.75) is 63.5 Å². The van der Waals surface area contributed by atoms with Crippen LogP contribution in [0.5, 0.6) is 5.75 Å². The third-order valence-electron chi connectivity index (χ3n) is 13.1. The number of anilines is 2. The number of fused-ring (bicyclic) bond motifs is 2. The van der Waals surface area contributed by atoms with Gasteiger partial charge >= 0.3 is 0 Å². The van der Waals surface area contributed by atoms with E-state index in [1.54, 1.807) is 4.90 Å². The van der Waals surface area contributed by atoms with Crippen LogP contribution >= 0.6 is 0 Å². The molecular weight excluding hydrogens is 687 g/mol. The molecule has 55 heavy (non-hydrogen) atoms. The number of imide groups is 1. The zero-order valence-electron chi connectivity index (χ0n) is 31.5. The predicted octanol–water partition coefficient (Wildman–Crippen LogP) is 6.13. The maximum absolute atomic E-state index is 13.2. The van der Waals surface area contributed by atoms with E-state index >= 15 is 0 Å². The summed E-state index contributed by atoms with van der Waals surface area (Å²) in [5, 5.41) is 12.6. The van der Waals surface area contributed by atoms with E-state index in [4.69, 9.17) is 0 Å². The molecule has 1 aliphatic carbocycles. The Hall–Kier alpha value is -5.15. The highest BCUT2D eigenvalue weighted by Gasteiger charge is 2.39. The molecule has 0 unspecified atom stereocenters. The maximum Gasteiger partial charge on any atom is 0.255 e. The van der Waals surface area contributed by atoms with Gasteiger partial charge in [0.2, 0.25) is 11.8 Å². The highest BCUT2D eigenvalue weighted by molar-refractivity contribution is 6.05. The van der Waals surface area contributed by atoms with Crippen molar-refractivity contribution in [3.63, 3.8) is 0 Å². The van der Waals surface area contributed by atoms with E-state index in [0.29, 0.717) is 42.0 Å². The van der Waals surface area contributed by atoms with Gasteiger partial charge in [0.15, 0.2) is 0 Å². The zero-order valence-corrected chi connectivity index (χ0v) is 31.5. The van der Waals surface area contributed by atoms with E-state index < -0.39 is 6.04 Å². The minimum absolute atomic E-state index is 0.121. The maximum atomic E-state index is 13.2. The summed E-state index contributed by atoms with van der Waals surface area (Å²) in [6, 6.07) is 31.7. The summed E-state index contributed by atoms with van der Waals surface area (Å²) >= 11 is 0. The Morgan fingerprint density at radius 1 is 0.691 bits per heavy atom. The Morgan fingerprint density at radius 3 is 2.20 bits per heavy atom. The molecule has 9 nitrogen and oxygen atoms in total. The molecule has 3 saturated heterocycles. The van der Waals surface area contributed by atoms with E-state index in [1.807, 2.05) is 24.3 Å². The van der Waals surface area contributed by atoms with E-state index in [1.165, 1.54) is 40.8 Å². The van der Waals surface area contributed by atoms with Crippen LogP contribution in [0.3, 0.4) is 0 Å². The molecule has 0 bridgehead atoms. The van der Waals surface area contributed by atoms with Crippen molar-refractivity contribution < 1.29 is 19.5 Å². The summed E-state index contributed by atoms with van der Waals surface area (Å²) in [5.74, 6) is 1.12. The first-order valence-electron chi connectivity index (χ1n) is 20.3. The molecular formula is C46H51N5O4. The van der Waals surface area contributed by atoms with Crippen molar-refractivity contribution in [2.24, 2.45) is 11.8 Å². The van der Waals surface area contributed by atoms with Gasteiger partial charge in [-0.15, -0.1) is 0 Å². The molecule has 284 valence electrons. The average molecular weight is 738 g/mol. The van der Waals surface area contributed by atoms with Crippen LogP contribution in [0.1, 0.15) is 76.2 Å². The second kappa shape index (κ2) is 15.2. The molecule has 4 aromatic carbocycles. The lowest BCUT2D eigenvalue weighted by Gasteiger charge is -2.40. The standard InChI is InChI=1S/C46H51N5O4/c52-39-13-15-40-34(28-39)6-7-35(26-31-4-2-1-3-5-31)44(40)33-8-10-37(11-9-33)49-20-18-32(19-21-49)29-48-22-24-50(25-23-48)38-12-14-41-36(27-38)30-51(46(41)55)42-16-17-43(53)47-45(42)54/h1-5,8-15,27-28,32,35,42,44,52H,6-7,16-26,29-30H2,(H,47,53,54)/t35-,42+,44+/m1/s1. The lowest BCUT2D eigenvalue weighted by molar-refractivity contribution is -0.136. The Labute approximate surface area is 323 Å². The molecule has 0 saturated carbocycles. The molecule has 5 aliphatic rings. The van der Waals surface area contributed by atoms with E-state index in [-0.39, 0.29) is 24.1 Å². The first-order chi connectivity index (χ1) is 26.9. The van der Waals surface area contributed by atoms with Crippen LogP contribution in [0.2, 0.25) is 0 Å². The van der Waals surface area contributed by atoms with Crippen LogP contribution in [-0.4, -0.2) is 84.5 Å². The van der Waals surface area contributed by atoms with E-state index in [9.17, 15) is 19.5 Å². The molecule has 4 heterocycles. The molecule has 3 fully saturated rings. The Kier molecular flexibility index (Phi) is 9.81. The Balaban J connectivity index is 0.775. The topological polar surface area (TPSA) is 96.4 Å². The predicted molar refractivity (Wildman–Crippen MR) is 214 cm³/mol. The molecule has 9 heteroatoms. The van der Waals surface area contributed by atoms with Gasteiger partial charge < -0.3 is 19.8 Å². The number of carbonyl (C=O) groups excluding carboxylic acids is 3. The van der Waals surface area contributed by atoms with Gasteiger partial charge in [-0.2, -0.15) is 0 Å². The summed E-state index contributed by atoms with van der Waals surface area (Å²) in [7, 11) is 0. The minimum Gasteiger partial charge on any atom is -0.508 e. The number of phenols is 1. The quantitative estimate of drug-likeness (QED) is 0.210. The van der Waals surface area contributed by atoms with Gasteiger partial charge in [0.1, 0.15) is 11.8 Å². The highest BCUT2D eigenvalue weighted by atomic mass is 16.3. The highest BCUT2D eigenvalue weighted by Crippen LogP contribution is 2.44. The van der Waals surface area contributed by atoms with E-state index in [2.05, 4.69) is 86.7 Å². The third-order valence-corrected chi connectivity index (χ3v) is 13.1. The normalized spacial score (nSPS) is 23.5. The lowest BCUT2D eigenvalue weighted by Crippen LogP contribution is -2.52. The minimum atomic E-state index is -0.585. The number of aromatic hydroxyl groups is 1. The van der Waals surface area contributed by atoms with Crippen molar-refractivity contribution in [2.75, 3.05) is 55.6 Å². The molecule has 0 aromatic heterocycles. The molecule has 2 N–H and O–H groups in total. The van der Waals surface area contributed by atoms with Crippen LogP contribution in [0.25, 0.3) is 0 Å². The summed E-state index contributed by atoms with van der Waals surface area (Å²) in [5.41, 5.74) is 9.48. The van der Waals surface area contributed by atoms with Crippen LogP contribution in [0.15, 0.2) is 91.0 Å². The smallest absolute Gasteiger partial charge is 0.255 e. The summed E-state index contributed by atoms with van der Waals surface area (Å²) in [6.45, 7) is 7.66. The van der Waals surface area contributed by atoms with Crippen LogP contribution in [-0.2, 0) is 29.0 Å². The monoisotopic (exact) mass is 737 g/mol. The average Bonchev–Trinajstić information content (AvgIpc) is 3.53. The van der Waals surface area contributed by atoms with Crippen molar-refractivity contribution in [1.29, 1.82) is 0 Å². The Morgan fingerprint density at radius 2 is 1.44 bits per heavy atom. The van der Waals surface area contributed by atoms with Crippen molar-refractivity contribution in [3.8, 4) is 5.75 Å². The van der Waals surface area contributed by atoms with Crippen molar-refractivity contribution >= 4 is 29.1 Å². The number of rotatable bonds is 8. The van der Waals surface area contributed by atoms with Gasteiger partial charge in [0.05, 0.1) is 0 Å². The fourth-order valence-electron chi connectivity index (χ4n) is 10.0. The van der Waals surface area contributed by atoms with Crippen LogP contribution in [0.4, 0.5) is 11.4 Å². The molecule has 3 atom stereocenters. The SMILES string of the molecule is O=C1CC[C@H](N2Cc3cc(N4CCN(CC5CCN(c6ccc([C@@H]7c8ccc(O)cc8CC[C@@H]7Cc7ccccc7)cc6)CC5)CC4)ccc3C2=O)C(=O)N1. The van der Waals surface area contributed by atoms with E-state index in [0.717, 1.165) is 76.3 Å². The number of hydrogen-bond acceptors (Lipinski definition) is 7. The zero-order chi connectivity index (χ0) is 37.5. The van der Waals surface area contributed by atoms with Crippen molar-refractivity contribution in [3.05, 3.63) is 124 Å². The fraction of sp³-hybridized carbons (Fsp3) is 0.413. The summed E-state index contributed by atoms with van der Waals surface area (Å²) in [4.78, 5) is 46.5. The fourth-order valence-corrected chi connectivity index (χ4v) is 10.0. The largest absolute Gasteiger partial charge is 0.508 e. The van der Waals surface area contributed by atoms with Gasteiger partial charge in [-0.05, 0) is 121 Å². The van der Waals surface area contributed by atoms with Crippen LogP contribution < -0.4 is 15.1 Å². The number of phenolic OH excluding ortho intramolecular Hbond substituents is 1. The first kappa shape index (κ1) is 35.5. The second-order valence-corrected chi connectivity index (χ2v) is 16.4. The van der Waals surface area contributed by atoms with Gasteiger partial charge in [0.25, 0.3) is 5.91 Å². The number of piperazine rings is 1. The van der Waals surface area contributed by atoms with Crippen LogP contribution in [0, 0.1) is 11.8 Å². The second-order valence-electron chi connectivity index (χ2n) is 16.4. The van der Waals surface area contributed by atoms with Crippen molar-refractivity contribution in [1.82, 2.24) is 15.1 Å². The Bertz CT molecular complexity index is 2050. The number of nitrogens with one attached hydrogen (secondary N) is 1. The number of amides is 3. The van der Waals surface area contributed by atoms with Gasteiger partial charge in [0, 0.05) is 81.6 Å².